The number of urea groups is 1. The number of hydrogen-bond donors (Lipinski definition) is 1. The summed E-state index contributed by atoms with van der Waals surface area (Å²) in [5.41, 5.74) is 4.75. The number of methoxy groups -OCH3 is 2. The lowest BCUT2D eigenvalue weighted by atomic mass is 9.99. The number of amides is 2. The van der Waals surface area contributed by atoms with Gasteiger partial charge in [-0.15, -0.1) is 0 Å². The quantitative estimate of drug-likeness (QED) is 0.776. The van der Waals surface area contributed by atoms with Crippen LogP contribution in [-0.4, -0.2) is 51.3 Å². The molecule has 6 heteroatoms. The maximum absolute atomic E-state index is 12.7. The van der Waals surface area contributed by atoms with Gasteiger partial charge in [0, 0.05) is 38.4 Å². The van der Waals surface area contributed by atoms with Gasteiger partial charge in [-0.3, -0.25) is 0 Å². The van der Waals surface area contributed by atoms with E-state index in [-0.39, 0.29) is 6.03 Å². The number of aryl methyl sites for hydroxylation is 1. The molecule has 0 radical (unpaired) electrons. The molecule has 29 heavy (non-hydrogen) atoms. The maximum Gasteiger partial charge on any atom is 0.317 e. The molecule has 1 aliphatic rings. The highest BCUT2D eigenvalue weighted by Crippen LogP contribution is 2.33. The Labute approximate surface area is 173 Å². The van der Waals surface area contributed by atoms with Crippen LogP contribution < -0.4 is 19.7 Å². The Hall–Kier alpha value is -2.89. The van der Waals surface area contributed by atoms with Gasteiger partial charge in [-0.05, 0) is 61.2 Å². The zero-order valence-corrected chi connectivity index (χ0v) is 17.8. The summed E-state index contributed by atoms with van der Waals surface area (Å²) in [6.45, 7) is 7.79. The molecule has 0 spiro atoms. The van der Waals surface area contributed by atoms with Crippen molar-refractivity contribution in [2.75, 3.05) is 45.3 Å². The number of carbonyl (C=O) groups is 1. The van der Waals surface area contributed by atoms with E-state index in [1.807, 2.05) is 17.0 Å². The minimum Gasteiger partial charge on any atom is -0.493 e. The van der Waals surface area contributed by atoms with Crippen LogP contribution in [0.1, 0.15) is 23.6 Å². The zero-order valence-electron chi connectivity index (χ0n) is 17.8. The number of benzene rings is 2. The van der Waals surface area contributed by atoms with Crippen molar-refractivity contribution < 1.29 is 14.3 Å². The Morgan fingerprint density at radius 1 is 1.14 bits per heavy atom. The third-order valence-corrected chi connectivity index (χ3v) is 5.41. The van der Waals surface area contributed by atoms with Crippen LogP contribution in [0.2, 0.25) is 0 Å². The molecule has 0 aromatic heterocycles. The summed E-state index contributed by atoms with van der Waals surface area (Å²) < 4.78 is 10.8. The van der Waals surface area contributed by atoms with Gasteiger partial charge in [-0.1, -0.05) is 12.1 Å². The topological polar surface area (TPSA) is 54.0 Å². The van der Waals surface area contributed by atoms with E-state index in [1.165, 1.54) is 16.8 Å². The Morgan fingerprint density at radius 3 is 2.52 bits per heavy atom. The first-order valence-electron chi connectivity index (χ1n) is 10.1. The van der Waals surface area contributed by atoms with Crippen molar-refractivity contribution in [1.29, 1.82) is 0 Å². The number of carbonyl (C=O) groups excluding carboxylic acids is 1. The first-order valence-corrected chi connectivity index (χ1v) is 10.1. The van der Waals surface area contributed by atoms with Gasteiger partial charge in [0.2, 0.25) is 0 Å². The minimum absolute atomic E-state index is 0.0225. The van der Waals surface area contributed by atoms with Gasteiger partial charge >= 0.3 is 6.03 Å². The van der Waals surface area contributed by atoms with Gasteiger partial charge in [-0.2, -0.15) is 0 Å². The molecule has 6 nitrogen and oxygen atoms in total. The molecule has 1 aliphatic heterocycles. The van der Waals surface area contributed by atoms with E-state index in [2.05, 4.69) is 48.3 Å². The third-order valence-electron chi connectivity index (χ3n) is 5.41. The Balaban J connectivity index is 1.56. The van der Waals surface area contributed by atoms with Crippen molar-refractivity contribution in [2.24, 2.45) is 0 Å². The van der Waals surface area contributed by atoms with Crippen molar-refractivity contribution in [3.63, 3.8) is 0 Å². The molecule has 0 unspecified atom stereocenters. The molecule has 0 fully saturated rings. The Morgan fingerprint density at radius 2 is 1.86 bits per heavy atom. The summed E-state index contributed by atoms with van der Waals surface area (Å²) in [5, 5.41) is 3.07. The number of nitrogens with zero attached hydrogens (tertiary/aromatic N) is 2. The summed E-state index contributed by atoms with van der Waals surface area (Å²) in [6.07, 6.45) is 0.813. The van der Waals surface area contributed by atoms with Gasteiger partial charge in [0.05, 0.1) is 14.2 Å². The summed E-state index contributed by atoms with van der Waals surface area (Å²) in [5.74, 6) is 1.44. The number of hydrogen-bond acceptors (Lipinski definition) is 4. The second kappa shape index (κ2) is 9.54. The molecule has 156 valence electrons. The van der Waals surface area contributed by atoms with Crippen molar-refractivity contribution in [2.45, 2.75) is 26.8 Å². The fourth-order valence-corrected chi connectivity index (χ4v) is 3.76. The fraction of sp³-hybridized carbons (Fsp3) is 0.435. The molecule has 2 amide bonds. The van der Waals surface area contributed by atoms with E-state index in [0.29, 0.717) is 25.4 Å². The van der Waals surface area contributed by atoms with Crippen LogP contribution >= 0.6 is 0 Å². The molecular formula is C23H31N3O3. The monoisotopic (exact) mass is 397 g/mol. The van der Waals surface area contributed by atoms with Crippen LogP contribution in [0.5, 0.6) is 11.5 Å². The minimum atomic E-state index is -0.0225. The lowest BCUT2D eigenvalue weighted by molar-refractivity contribution is 0.192. The van der Waals surface area contributed by atoms with Gasteiger partial charge in [0.1, 0.15) is 0 Å². The lowest BCUT2D eigenvalue weighted by Crippen LogP contribution is -2.45. The van der Waals surface area contributed by atoms with Crippen LogP contribution in [-0.2, 0) is 13.0 Å². The SMILES string of the molecule is CCN(CCNC(=O)N1CCc2cc(OC)c(OC)cc2C1)c1cccc(C)c1. The molecule has 0 saturated heterocycles. The molecule has 0 bridgehead atoms. The first kappa shape index (κ1) is 20.8. The number of anilines is 1. The molecule has 1 heterocycles. The van der Waals surface area contributed by atoms with E-state index >= 15 is 0 Å². The standard InChI is InChI=1S/C23H31N3O3/c1-5-25(20-8-6-7-17(2)13-20)12-10-24-23(27)26-11-9-18-14-21(28-3)22(29-4)15-19(18)16-26/h6-8,13-15H,5,9-12,16H2,1-4H3,(H,24,27). The van der Waals surface area contributed by atoms with Crippen LogP contribution in [0.25, 0.3) is 0 Å². The van der Waals surface area contributed by atoms with Crippen molar-refractivity contribution in [3.05, 3.63) is 53.1 Å². The van der Waals surface area contributed by atoms with Crippen LogP contribution in [0.3, 0.4) is 0 Å². The van der Waals surface area contributed by atoms with E-state index in [4.69, 9.17) is 9.47 Å². The number of rotatable bonds is 7. The zero-order chi connectivity index (χ0) is 20.8. The Bertz CT molecular complexity index is 853. The van der Waals surface area contributed by atoms with Crippen molar-refractivity contribution in [1.82, 2.24) is 10.2 Å². The average molecular weight is 398 g/mol. The highest BCUT2D eigenvalue weighted by molar-refractivity contribution is 5.74. The van der Waals surface area contributed by atoms with Crippen molar-refractivity contribution >= 4 is 11.7 Å². The van der Waals surface area contributed by atoms with E-state index in [0.717, 1.165) is 30.8 Å². The number of likely N-dealkylation sites (N-methyl/N-ethyl adjacent to an activating group) is 1. The largest absolute Gasteiger partial charge is 0.493 e. The smallest absolute Gasteiger partial charge is 0.317 e. The maximum atomic E-state index is 12.7. The molecule has 1 N–H and O–H groups in total. The molecular weight excluding hydrogens is 366 g/mol. The van der Waals surface area contributed by atoms with Crippen molar-refractivity contribution in [3.8, 4) is 11.5 Å². The van der Waals surface area contributed by atoms with E-state index in [1.54, 1.807) is 14.2 Å². The third kappa shape index (κ3) is 4.94. The summed E-state index contributed by atoms with van der Waals surface area (Å²) in [6, 6.07) is 12.4. The fourth-order valence-electron chi connectivity index (χ4n) is 3.76. The summed E-state index contributed by atoms with van der Waals surface area (Å²) in [4.78, 5) is 16.8. The summed E-state index contributed by atoms with van der Waals surface area (Å²) >= 11 is 0. The van der Waals surface area contributed by atoms with Gasteiger partial charge in [0.15, 0.2) is 11.5 Å². The predicted molar refractivity (Wildman–Crippen MR) is 116 cm³/mol. The second-order valence-corrected chi connectivity index (χ2v) is 7.30. The summed E-state index contributed by atoms with van der Waals surface area (Å²) in [7, 11) is 3.27. The number of nitrogens with one attached hydrogen (secondary N) is 1. The number of fused-ring (bicyclic) bond motifs is 1. The first-order chi connectivity index (χ1) is 14.0. The average Bonchev–Trinajstić information content (AvgIpc) is 2.75. The normalized spacial score (nSPS) is 12.9. The van der Waals surface area contributed by atoms with E-state index in [9.17, 15) is 4.79 Å². The molecule has 3 rings (SSSR count). The van der Waals surface area contributed by atoms with Crippen LogP contribution in [0.15, 0.2) is 36.4 Å². The van der Waals surface area contributed by atoms with E-state index < -0.39 is 0 Å². The highest BCUT2D eigenvalue weighted by atomic mass is 16.5. The Kier molecular flexibility index (Phi) is 6.86. The van der Waals surface area contributed by atoms with Gasteiger partial charge in [0.25, 0.3) is 0 Å². The highest BCUT2D eigenvalue weighted by Gasteiger charge is 2.22. The predicted octanol–water partition coefficient (Wildman–Crippen LogP) is 3.61. The second-order valence-electron chi connectivity index (χ2n) is 7.30. The molecule has 0 saturated carbocycles. The molecule has 2 aromatic rings. The van der Waals surface area contributed by atoms with Gasteiger partial charge in [-0.25, -0.2) is 4.79 Å². The number of ether oxygens (including phenoxy) is 2. The van der Waals surface area contributed by atoms with Crippen LogP contribution in [0.4, 0.5) is 10.5 Å². The molecule has 2 aromatic carbocycles. The molecule has 0 aliphatic carbocycles. The molecule has 0 atom stereocenters. The lowest BCUT2D eigenvalue weighted by Gasteiger charge is -2.30. The van der Waals surface area contributed by atoms with Crippen LogP contribution in [0, 0.1) is 6.92 Å². The van der Waals surface area contributed by atoms with Gasteiger partial charge < -0.3 is 24.6 Å².